The van der Waals surface area contributed by atoms with Gasteiger partial charge in [0.25, 0.3) is 0 Å². The van der Waals surface area contributed by atoms with E-state index in [1.54, 1.807) is 12.1 Å². The van der Waals surface area contributed by atoms with Gasteiger partial charge in [0.2, 0.25) is 10.0 Å². The van der Waals surface area contributed by atoms with E-state index in [1.807, 2.05) is 50.2 Å². The van der Waals surface area contributed by atoms with E-state index in [4.69, 9.17) is 4.74 Å². The Bertz CT molecular complexity index is 824. The lowest BCUT2D eigenvalue weighted by Gasteiger charge is -2.25. The van der Waals surface area contributed by atoms with Crippen LogP contribution in [0.15, 0.2) is 53.4 Å². The van der Waals surface area contributed by atoms with Crippen LogP contribution in [0.2, 0.25) is 0 Å². The van der Waals surface area contributed by atoms with Crippen molar-refractivity contribution in [2.24, 2.45) is 0 Å². The van der Waals surface area contributed by atoms with Gasteiger partial charge in [-0.2, -0.15) is 4.31 Å². The highest BCUT2D eigenvalue weighted by molar-refractivity contribution is 7.89. The molecule has 4 nitrogen and oxygen atoms in total. The molecule has 0 aliphatic heterocycles. The lowest BCUT2D eigenvalue weighted by Crippen LogP contribution is -2.31. The number of benzene rings is 2. The summed E-state index contributed by atoms with van der Waals surface area (Å²) in [5.74, 6) is 0.409. The fraction of sp³-hybridized carbons (Fsp3) is 0.429. The molecule has 0 unspecified atom stereocenters. The fourth-order valence-electron chi connectivity index (χ4n) is 2.74. The van der Waals surface area contributed by atoms with Gasteiger partial charge < -0.3 is 4.74 Å². The summed E-state index contributed by atoms with van der Waals surface area (Å²) in [6.45, 7) is 11.1. The normalized spacial score (nSPS) is 12.4. The molecule has 0 N–H and O–H groups in total. The standard InChI is InChI=1S/C21H29NO3S/c1-6-22(16-17-11-9-8-10-12-17)26(23,24)20-15-18(21(3,4)5)13-14-19(20)25-7-2/h8-15H,6-7,16H2,1-5H3. The lowest BCUT2D eigenvalue weighted by atomic mass is 9.87. The number of ether oxygens (including phenoxy) is 1. The van der Waals surface area contributed by atoms with Crippen LogP contribution in [-0.4, -0.2) is 25.9 Å². The number of rotatable bonds is 7. The molecule has 0 aromatic heterocycles. The van der Waals surface area contributed by atoms with Crippen LogP contribution in [0.4, 0.5) is 0 Å². The van der Waals surface area contributed by atoms with Crippen molar-refractivity contribution in [3.63, 3.8) is 0 Å². The Morgan fingerprint density at radius 2 is 1.65 bits per heavy atom. The molecule has 0 atom stereocenters. The maximum Gasteiger partial charge on any atom is 0.247 e. The number of sulfonamides is 1. The van der Waals surface area contributed by atoms with E-state index in [0.717, 1.165) is 11.1 Å². The lowest BCUT2D eigenvalue weighted by molar-refractivity contribution is 0.328. The molecule has 0 saturated heterocycles. The van der Waals surface area contributed by atoms with Gasteiger partial charge in [0.15, 0.2) is 0 Å². The van der Waals surface area contributed by atoms with Crippen molar-refractivity contribution in [2.75, 3.05) is 13.2 Å². The average molecular weight is 376 g/mol. The molecule has 0 aliphatic rings. The highest BCUT2D eigenvalue weighted by atomic mass is 32.2. The molecule has 0 bridgehead atoms. The second-order valence-corrected chi connectivity index (χ2v) is 9.17. The summed E-state index contributed by atoms with van der Waals surface area (Å²) in [6.07, 6.45) is 0. The number of hydrogen-bond acceptors (Lipinski definition) is 3. The van der Waals surface area contributed by atoms with Crippen LogP contribution in [0.25, 0.3) is 0 Å². The van der Waals surface area contributed by atoms with Gasteiger partial charge in [-0.15, -0.1) is 0 Å². The van der Waals surface area contributed by atoms with Gasteiger partial charge in [0.1, 0.15) is 10.6 Å². The summed E-state index contributed by atoms with van der Waals surface area (Å²) in [4.78, 5) is 0.240. The second kappa shape index (κ2) is 8.23. The van der Waals surface area contributed by atoms with Crippen LogP contribution in [-0.2, 0) is 22.0 Å². The quantitative estimate of drug-likeness (QED) is 0.711. The van der Waals surface area contributed by atoms with Crippen molar-refractivity contribution in [3.05, 3.63) is 59.7 Å². The predicted octanol–water partition coefficient (Wildman–Crippen LogP) is 4.59. The minimum atomic E-state index is -3.68. The Hall–Kier alpha value is -1.85. The third kappa shape index (κ3) is 4.65. The Balaban J connectivity index is 2.50. The van der Waals surface area contributed by atoms with Gasteiger partial charge in [-0.3, -0.25) is 0 Å². The monoisotopic (exact) mass is 375 g/mol. The Morgan fingerprint density at radius 3 is 2.19 bits per heavy atom. The summed E-state index contributed by atoms with van der Waals surface area (Å²) >= 11 is 0. The summed E-state index contributed by atoms with van der Waals surface area (Å²) in [5.41, 5.74) is 1.78. The SMILES string of the molecule is CCOc1ccc(C(C)(C)C)cc1S(=O)(=O)N(CC)Cc1ccccc1. The van der Waals surface area contributed by atoms with Gasteiger partial charge in [0.05, 0.1) is 6.61 Å². The Labute approximate surface area is 157 Å². The molecule has 0 radical (unpaired) electrons. The molecule has 2 aromatic carbocycles. The van der Waals surface area contributed by atoms with Crippen LogP contribution in [0.5, 0.6) is 5.75 Å². The van der Waals surface area contributed by atoms with Crippen molar-refractivity contribution < 1.29 is 13.2 Å². The third-order valence-electron chi connectivity index (χ3n) is 4.28. The van der Waals surface area contributed by atoms with Gasteiger partial charge in [-0.05, 0) is 35.6 Å². The predicted molar refractivity (Wildman–Crippen MR) is 106 cm³/mol. The van der Waals surface area contributed by atoms with Crippen molar-refractivity contribution in [1.29, 1.82) is 0 Å². The molecule has 0 aliphatic carbocycles. The molecule has 0 heterocycles. The van der Waals surface area contributed by atoms with E-state index >= 15 is 0 Å². The molecule has 0 spiro atoms. The zero-order chi connectivity index (χ0) is 19.4. The van der Waals surface area contributed by atoms with E-state index in [2.05, 4.69) is 20.8 Å². The van der Waals surface area contributed by atoms with Crippen LogP contribution < -0.4 is 4.74 Å². The maximum absolute atomic E-state index is 13.4. The third-order valence-corrected chi connectivity index (χ3v) is 6.22. The molecule has 142 valence electrons. The molecular weight excluding hydrogens is 346 g/mol. The largest absolute Gasteiger partial charge is 0.492 e. The maximum atomic E-state index is 13.4. The summed E-state index contributed by atoms with van der Waals surface area (Å²) < 4.78 is 33.9. The Kier molecular flexibility index (Phi) is 6.48. The first-order valence-electron chi connectivity index (χ1n) is 9.01. The fourth-order valence-corrected chi connectivity index (χ4v) is 4.34. The van der Waals surface area contributed by atoms with Crippen molar-refractivity contribution in [3.8, 4) is 5.75 Å². The number of nitrogens with zero attached hydrogens (tertiary/aromatic N) is 1. The summed E-state index contributed by atoms with van der Waals surface area (Å²) in [7, 11) is -3.68. The van der Waals surface area contributed by atoms with Crippen LogP contribution in [0, 0.1) is 0 Å². The molecule has 2 rings (SSSR count). The molecule has 0 fully saturated rings. The minimum absolute atomic E-state index is 0.147. The molecule has 0 saturated carbocycles. The number of hydrogen-bond donors (Lipinski definition) is 0. The van der Waals surface area contributed by atoms with Crippen LogP contribution in [0.1, 0.15) is 45.7 Å². The molecular formula is C21H29NO3S. The first-order chi connectivity index (χ1) is 12.2. The van der Waals surface area contributed by atoms with Gasteiger partial charge in [-0.1, -0.05) is 64.1 Å². The van der Waals surface area contributed by atoms with E-state index in [9.17, 15) is 8.42 Å². The zero-order valence-corrected chi connectivity index (χ0v) is 17.1. The highest BCUT2D eigenvalue weighted by Crippen LogP contribution is 2.33. The Morgan fingerprint density at radius 1 is 1.00 bits per heavy atom. The van der Waals surface area contributed by atoms with E-state index in [-0.39, 0.29) is 10.3 Å². The van der Waals surface area contributed by atoms with Gasteiger partial charge in [-0.25, -0.2) is 8.42 Å². The van der Waals surface area contributed by atoms with Crippen molar-refractivity contribution in [1.82, 2.24) is 4.31 Å². The van der Waals surface area contributed by atoms with Crippen molar-refractivity contribution >= 4 is 10.0 Å². The van der Waals surface area contributed by atoms with Crippen LogP contribution >= 0.6 is 0 Å². The zero-order valence-electron chi connectivity index (χ0n) is 16.3. The van der Waals surface area contributed by atoms with Gasteiger partial charge >= 0.3 is 0 Å². The molecule has 2 aromatic rings. The minimum Gasteiger partial charge on any atom is -0.492 e. The smallest absolute Gasteiger partial charge is 0.247 e. The summed E-state index contributed by atoms with van der Waals surface area (Å²) in [5, 5.41) is 0. The first kappa shape index (κ1) is 20.5. The first-order valence-corrected chi connectivity index (χ1v) is 10.5. The van der Waals surface area contributed by atoms with Crippen molar-refractivity contribution in [2.45, 2.75) is 51.5 Å². The second-order valence-electron chi connectivity index (χ2n) is 7.26. The highest BCUT2D eigenvalue weighted by Gasteiger charge is 2.29. The molecule has 5 heteroatoms. The van der Waals surface area contributed by atoms with Gasteiger partial charge in [0, 0.05) is 13.1 Å². The van der Waals surface area contributed by atoms with E-state index < -0.39 is 10.0 Å². The molecule has 26 heavy (non-hydrogen) atoms. The van der Waals surface area contributed by atoms with E-state index in [0.29, 0.717) is 25.4 Å². The molecule has 0 amide bonds. The topological polar surface area (TPSA) is 46.6 Å². The average Bonchev–Trinajstić information content (AvgIpc) is 2.60. The van der Waals surface area contributed by atoms with E-state index in [1.165, 1.54) is 4.31 Å². The van der Waals surface area contributed by atoms with Crippen LogP contribution in [0.3, 0.4) is 0 Å². The summed E-state index contributed by atoms with van der Waals surface area (Å²) in [6, 6.07) is 15.1.